The van der Waals surface area contributed by atoms with Crippen LogP contribution in [0.25, 0.3) is 0 Å². The minimum Gasteiger partial charge on any atom is -0.481 e. The van der Waals surface area contributed by atoms with Crippen molar-refractivity contribution in [1.29, 1.82) is 5.26 Å². The van der Waals surface area contributed by atoms with Gasteiger partial charge in [0.25, 0.3) is 0 Å². The standard InChI is InChI=1S/C13H20N2O4/c1-13(2,3)19-12(18)15-7-5-10(11(16)17)9(8-15)4-6-14/h9-10H,4-5,7-8H2,1-3H3,(H,16,17). The van der Waals surface area contributed by atoms with E-state index >= 15 is 0 Å². The summed E-state index contributed by atoms with van der Waals surface area (Å²) in [5.74, 6) is -1.79. The topological polar surface area (TPSA) is 90.6 Å². The highest BCUT2D eigenvalue weighted by Crippen LogP contribution is 2.27. The Labute approximate surface area is 112 Å². The van der Waals surface area contributed by atoms with E-state index in [1.807, 2.05) is 6.07 Å². The summed E-state index contributed by atoms with van der Waals surface area (Å²) in [6.07, 6.45) is 0.0521. The van der Waals surface area contributed by atoms with Crippen LogP contribution in [0.2, 0.25) is 0 Å². The van der Waals surface area contributed by atoms with Crippen molar-refractivity contribution in [2.45, 2.75) is 39.2 Å². The molecule has 1 aliphatic heterocycles. The van der Waals surface area contributed by atoms with Crippen molar-refractivity contribution in [2.75, 3.05) is 13.1 Å². The molecule has 0 aliphatic carbocycles. The lowest BCUT2D eigenvalue weighted by atomic mass is 9.84. The summed E-state index contributed by atoms with van der Waals surface area (Å²) < 4.78 is 5.26. The van der Waals surface area contributed by atoms with Crippen molar-refractivity contribution < 1.29 is 19.4 Å². The van der Waals surface area contributed by atoms with Gasteiger partial charge in [0.05, 0.1) is 12.0 Å². The number of rotatable bonds is 2. The molecule has 0 aromatic heterocycles. The fourth-order valence-corrected chi connectivity index (χ4v) is 2.17. The van der Waals surface area contributed by atoms with E-state index in [4.69, 9.17) is 15.1 Å². The van der Waals surface area contributed by atoms with Crippen molar-refractivity contribution in [1.82, 2.24) is 4.90 Å². The van der Waals surface area contributed by atoms with Crippen LogP contribution in [0.5, 0.6) is 0 Å². The first-order chi connectivity index (χ1) is 8.74. The number of carboxylic acids is 1. The number of hydrogen-bond donors (Lipinski definition) is 1. The number of piperidine rings is 1. The first-order valence-electron chi connectivity index (χ1n) is 6.32. The zero-order chi connectivity index (χ0) is 14.6. The highest BCUT2D eigenvalue weighted by Gasteiger charge is 2.36. The van der Waals surface area contributed by atoms with Gasteiger partial charge in [0.2, 0.25) is 0 Å². The van der Waals surface area contributed by atoms with Gasteiger partial charge in [-0.15, -0.1) is 0 Å². The van der Waals surface area contributed by atoms with Crippen LogP contribution in [0.4, 0.5) is 4.79 Å². The number of ether oxygens (including phenoxy) is 1. The molecule has 2 unspecified atom stereocenters. The molecular weight excluding hydrogens is 248 g/mol. The second-order valence-electron chi connectivity index (χ2n) is 5.78. The lowest BCUT2D eigenvalue weighted by Crippen LogP contribution is -2.47. The monoisotopic (exact) mass is 268 g/mol. The molecule has 1 fully saturated rings. The zero-order valence-electron chi connectivity index (χ0n) is 11.5. The Morgan fingerprint density at radius 1 is 1.47 bits per heavy atom. The van der Waals surface area contributed by atoms with Crippen LogP contribution >= 0.6 is 0 Å². The first kappa shape index (κ1) is 15.3. The van der Waals surface area contributed by atoms with Crippen LogP contribution in [0.1, 0.15) is 33.6 Å². The van der Waals surface area contributed by atoms with Gasteiger partial charge in [0, 0.05) is 25.4 Å². The summed E-state index contributed by atoms with van der Waals surface area (Å²) in [6.45, 7) is 5.96. The molecule has 19 heavy (non-hydrogen) atoms. The lowest BCUT2D eigenvalue weighted by Gasteiger charge is -2.36. The lowest BCUT2D eigenvalue weighted by molar-refractivity contribution is -0.145. The molecule has 1 saturated heterocycles. The molecule has 0 radical (unpaired) electrons. The van der Waals surface area contributed by atoms with Crippen LogP contribution in [-0.4, -0.2) is 40.8 Å². The molecule has 0 aromatic rings. The average Bonchev–Trinajstić information content (AvgIpc) is 2.26. The number of likely N-dealkylation sites (tertiary alicyclic amines) is 1. The second kappa shape index (κ2) is 5.91. The fourth-order valence-electron chi connectivity index (χ4n) is 2.17. The molecular formula is C13H20N2O4. The van der Waals surface area contributed by atoms with E-state index in [1.54, 1.807) is 20.8 Å². The molecule has 0 spiro atoms. The predicted octanol–water partition coefficient (Wildman–Crippen LogP) is 1.86. The van der Waals surface area contributed by atoms with Crippen molar-refractivity contribution in [3.05, 3.63) is 0 Å². The number of amides is 1. The number of carbonyl (C=O) groups is 2. The molecule has 1 N–H and O–H groups in total. The average molecular weight is 268 g/mol. The Balaban J connectivity index is 2.69. The molecule has 6 nitrogen and oxygen atoms in total. The smallest absolute Gasteiger partial charge is 0.410 e. The number of nitrogens with zero attached hydrogens (tertiary/aromatic N) is 2. The van der Waals surface area contributed by atoms with E-state index in [0.29, 0.717) is 13.0 Å². The third-order valence-corrected chi connectivity index (χ3v) is 3.06. The molecule has 0 aromatic carbocycles. The third-order valence-electron chi connectivity index (χ3n) is 3.06. The highest BCUT2D eigenvalue weighted by molar-refractivity contribution is 5.72. The summed E-state index contributed by atoms with van der Waals surface area (Å²) in [4.78, 5) is 24.5. The largest absolute Gasteiger partial charge is 0.481 e. The van der Waals surface area contributed by atoms with E-state index in [0.717, 1.165) is 0 Å². The Kier molecular flexibility index (Phi) is 4.76. The maximum absolute atomic E-state index is 11.9. The molecule has 6 heteroatoms. The van der Waals surface area contributed by atoms with Gasteiger partial charge in [-0.2, -0.15) is 5.26 Å². The van der Waals surface area contributed by atoms with E-state index in [9.17, 15) is 9.59 Å². The van der Waals surface area contributed by atoms with Gasteiger partial charge in [0.1, 0.15) is 5.60 Å². The number of hydrogen-bond acceptors (Lipinski definition) is 4. The van der Waals surface area contributed by atoms with Gasteiger partial charge >= 0.3 is 12.1 Å². The van der Waals surface area contributed by atoms with Gasteiger partial charge in [-0.05, 0) is 27.2 Å². The zero-order valence-corrected chi connectivity index (χ0v) is 11.5. The number of aliphatic carboxylic acids is 1. The molecule has 1 rings (SSSR count). The Morgan fingerprint density at radius 3 is 2.58 bits per heavy atom. The summed E-state index contributed by atoms with van der Waals surface area (Å²) in [5, 5.41) is 17.9. The van der Waals surface area contributed by atoms with Crippen molar-refractivity contribution in [2.24, 2.45) is 11.8 Å². The van der Waals surface area contributed by atoms with Crippen molar-refractivity contribution >= 4 is 12.1 Å². The molecule has 2 atom stereocenters. The van der Waals surface area contributed by atoms with E-state index in [1.165, 1.54) is 4.90 Å². The Bertz CT molecular complexity index is 394. The summed E-state index contributed by atoms with van der Waals surface area (Å²) >= 11 is 0. The van der Waals surface area contributed by atoms with Crippen LogP contribution in [0.15, 0.2) is 0 Å². The van der Waals surface area contributed by atoms with Crippen LogP contribution in [-0.2, 0) is 9.53 Å². The van der Waals surface area contributed by atoms with Crippen molar-refractivity contribution in [3.8, 4) is 6.07 Å². The molecule has 1 amide bonds. The summed E-state index contributed by atoms with van der Waals surface area (Å²) in [5.41, 5.74) is -0.578. The maximum atomic E-state index is 11.9. The van der Waals surface area contributed by atoms with E-state index in [2.05, 4.69) is 0 Å². The van der Waals surface area contributed by atoms with Gasteiger partial charge in [-0.25, -0.2) is 4.79 Å². The molecule has 1 heterocycles. The van der Waals surface area contributed by atoms with Crippen LogP contribution < -0.4 is 0 Å². The van der Waals surface area contributed by atoms with Gasteiger partial charge < -0.3 is 14.7 Å². The van der Waals surface area contributed by atoms with Crippen LogP contribution in [0, 0.1) is 23.2 Å². The minimum absolute atomic E-state index is 0.135. The van der Waals surface area contributed by atoms with E-state index < -0.39 is 23.6 Å². The SMILES string of the molecule is CC(C)(C)OC(=O)N1CCC(C(=O)O)C(CC#N)C1. The fraction of sp³-hybridized carbons (Fsp3) is 0.769. The number of nitriles is 1. The Morgan fingerprint density at radius 2 is 2.11 bits per heavy atom. The summed E-state index contributed by atoms with van der Waals surface area (Å²) in [7, 11) is 0. The highest BCUT2D eigenvalue weighted by atomic mass is 16.6. The van der Waals surface area contributed by atoms with E-state index in [-0.39, 0.29) is 18.9 Å². The number of carboxylic acid groups (broad SMARTS) is 1. The maximum Gasteiger partial charge on any atom is 0.410 e. The Hall–Kier alpha value is -1.77. The first-order valence-corrected chi connectivity index (χ1v) is 6.32. The molecule has 106 valence electrons. The molecule has 0 bridgehead atoms. The number of carbonyl (C=O) groups excluding carboxylic acids is 1. The third kappa shape index (κ3) is 4.43. The molecule has 1 aliphatic rings. The quantitative estimate of drug-likeness (QED) is 0.825. The second-order valence-corrected chi connectivity index (χ2v) is 5.78. The van der Waals surface area contributed by atoms with Gasteiger partial charge in [0.15, 0.2) is 0 Å². The minimum atomic E-state index is -0.899. The van der Waals surface area contributed by atoms with Crippen molar-refractivity contribution in [3.63, 3.8) is 0 Å². The summed E-state index contributed by atoms with van der Waals surface area (Å²) in [6, 6.07) is 1.99. The molecule has 0 saturated carbocycles. The van der Waals surface area contributed by atoms with Crippen LogP contribution in [0.3, 0.4) is 0 Å². The van der Waals surface area contributed by atoms with Gasteiger partial charge in [-0.3, -0.25) is 4.79 Å². The normalized spacial score (nSPS) is 23.6. The van der Waals surface area contributed by atoms with Gasteiger partial charge in [-0.1, -0.05) is 0 Å². The predicted molar refractivity (Wildman–Crippen MR) is 67.3 cm³/mol.